The highest BCUT2D eigenvalue weighted by atomic mass is 15.0. The molecule has 0 aliphatic heterocycles. The number of nitrogens with two attached hydrogens (primary N) is 1. The van der Waals surface area contributed by atoms with Gasteiger partial charge in [0.1, 0.15) is 0 Å². The summed E-state index contributed by atoms with van der Waals surface area (Å²) < 4.78 is 2.25. The summed E-state index contributed by atoms with van der Waals surface area (Å²) in [6.07, 6.45) is 9.31. The fourth-order valence-electron chi connectivity index (χ4n) is 2.08. The fourth-order valence-corrected chi connectivity index (χ4v) is 2.08. The first-order chi connectivity index (χ1) is 5.88. The minimum Gasteiger partial charge on any atom is -0.350 e. The van der Waals surface area contributed by atoms with Crippen LogP contribution in [0.4, 0.5) is 0 Å². The first kappa shape index (κ1) is 7.87. The lowest BCUT2D eigenvalue weighted by molar-refractivity contribution is 0.307. The van der Waals surface area contributed by atoms with Crippen molar-refractivity contribution in [3.05, 3.63) is 24.5 Å². The summed E-state index contributed by atoms with van der Waals surface area (Å²) in [7, 11) is 0. The highest BCUT2D eigenvalue weighted by Gasteiger charge is 2.21. The molecular weight excluding hydrogens is 148 g/mol. The van der Waals surface area contributed by atoms with E-state index in [1.807, 2.05) is 0 Å². The maximum atomic E-state index is 6.05. The van der Waals surface area contributed by atoms with Crippen molar-refractivity contribution in [3.63, 3.8) is 0 Å². The first-order valence-corrected chi connectivity index (χ1v) is 4.76. The largest absolute Gasteiger partial charge is 0.350 e. The van der Waals surface area contributed by atoms with Crippen LogP contribution in [0.5, 0.6) is 0 Å². The Labute approximate surface area is 73.4 Å². The van der Waals surface area contributed by atoms with Gasteiger partial charge in [-0.25, -0.2) is 0 Å². The van der Waals surface area contributed by atoms with Crippen molar-refractivity contribution in [3.8, 4) is 0 Å². The Morgan fingerprint density at radius 3 is 2.42 bits per heavy atom. The van der Waals surface area contributed by atoms with Crippen LogP contribution >= 0.6 is 0 Å². The molecule has 0 aromatic carbocycles. The van der Waals surface area contributed by atoms with E-state index in [0.717, 1.165) is 0 Å². The van der Waals surface area contributed by atoms with Gasteiger partial charge in [0.2, 0.25) is 0 Å². The topological polar surface area (TPSA) is 30.9 Å². The van der Waals surface area contributed by atoms with Gasteiger partial charge in [0, 0.05) is 24.5 Å². The van der Waals surface area contributed by atoms with E-state index in [1.54, 1.807) is 0 Å². The molecule has 2 N–H and O–H groups in total. The molecule has 0 radical (unpaired) electrons. The molecule has 2 unspecified atom stereocenters. The third-order valence-electron chi connectivity index (χ3n) is 2.79. The number of aromatic nitrogens is 1. The predicted octanol–water partition coefficient (Wildman–Crippen LogP) is 1.93. The summed E-state index contributed by atoms with van der Waals surface area (Å²) >= 11 is 0. The van der Waals surface area contributed by atoms with E-state index in [9.17, 15) is 0 Å². The predicted molar refractivity (Wildman–Crippen MR) is 49.9 cm³/mol. The minimum atomic E-state index is 0.367. The van der Waals surface area contributed by atoms with Crippen LogP contribution in [0.3, 0.4) is 0 Å². The molecule has 12 heavy (non-hydrogen) atoms. The normalized spacial score (nSPS) is 30.4. The van der Waals surface area contributed by atoms with Crippen LogP contribution in [0.1, 0.15) is 31.7 Å². The van der Waals surface area contributed by atoms with E-state index in [1.165, 1.54) is 25.7 Å². The summed E-state index contributed by atoms with van der Waals surface area (Å²) in [5.74, 6) is 0. The highest BCUT2D eigenvalue weighted by molar-refractivity contribution is 4.96. The molecular formula is C10H16N2. The maximum Gasteiger partial charge on any atom is 0.0481 e. The average molecular weight is 164 g/mol. The van der Waals surface area contributed by atoms with Gasteiger partial charge in [0.25, 0.3) is 0 Å². The fraction of sp³-hybridized carbons (Fsp3) is 0.600. The van der Waals surface area contributed by atoms with Crippen molar-refractivity contribution in [1.29, 1.82) is 0 Å². The van der Waals surface area contributed by atoms with Crippen LogP contribution in [-0.4, -0.2) is 10.6 Å². The van der Waals surface area contributed by atoms with Gasteiger partial charge in [-0.2, -0.15) is 0 Å². The molecule has 1 aliphatic carbocycles. The summed E-state index contributed by atoms with van der Waals surface area (Å²) in [6.45, 7) is 0. The number of nitrogens with zero attached hydrogens (tertiary/aromatic N) is 1. The van der Waals surface area contributed by atoms with Crippen molar-refractivity contribution in [2.45, 2.75) is 37.8 Å². The second-order valence-corrected chi connectivity index (χ2v) is 3.65. The van der Waals surface area contributed by atoms with E-state index >= 15 is 0 Å². The summed E-state index contributed by atoms with van der Waals surface area (Å²) in [5, 5.41) is 0. The minimum absolute atomic E-state index is 0.367. The standard InChI is InChI=1S/C10H16N2/c11-9-5-1-2-6-10(9)12-7-3-4-8-12/h3-4,7-10H,1-2,5-6,11H2. The number of rotatable bonds is 1. The Balaban J connectivity index is 2.11. The number of hydrogen-bond donors (Lipinski definition) is 1. The third-order valence-corrected chi connectivity index (χ3v) is 2.79. The molecule has 0 bridgehead atoms. The molecule has 2 atom stereocenters. The summed E-state index contributed by atoms with van der Waals surface area (Å²) in [5.41, 5.74) is 6.05. The summed E-state index contributed by atoms with van der Waals surface area (Å²) in [4.78, 5) is 0. The van der Waals surface area contributed by atoms with Crippen molar-refractivity contribution < 1.29 is 0 Å². The molecule has 1 aromatic heterocycles. The quantitative estimate of drug-likeness (QED) is 0.675. The Morgan fingerprint density at radius 2 is 1.75 bits per heavy atom. The lowest BCUT2D eigenvalue weighted by atomic mass is 9.91. The van der Waals surface area contributed by atoms with Crippen LogP contribution in [-0.2, 0) is 0 Å². The molecule has 1 aromatic rings. The van der Waals surface area contributed by atoms with E-state index in [4.69, 9.17) is 5.73 Å². The van der Waals surface area contributed by atoms with Crippen LogP contribution in [0.25, 0.3) is 0 Å². The van der Waals surface area contributed by atoms with Gasteiger partial charge < -0.3 is 10.3 Å². The Bertz CT molecular complexity index is 228. The van der Waals surface area contributed by atoms with Gasteiger partial charge in [-0.15, -0.1) is 0 Å². The van der Waals surface area contributed by atoms with Crippen LogP contribution < -0.4 is 5.73 Å². The van der Waals surface area contributed by atoms with E-state index < -0.39 is 0 Å². The van der Waals surface area contributed by atoms with Gasteiger partial charge in [-0.3, -0.25) is 0 Å². The molecule has 2 rings (SSSR count). The molecule has 1 aliphatic rings. The monoisotopic (exact) mass is 164 g/mol. The van der Waals surface area contributed by atoms with Crippen LogP contribution in [0, 0.1) is 0 Å². The lowest BCUT2D eigenvalue weighted by Gasteiger charge is -2.29. The Kier molecular flexibility index (Phi) is 2.17. The zero-order valence-corrected chi connectivity index (χ0v) is 7.32. The van der Waals surface area contributed by atoms with Gasteiger partial charge in [-0.05, 0) is 25.0 Å². The third kappa shape index (κ3) is 1.39. The lowest BCUT2D eigenvalue weighted by Crippen LogP contribution is -2.34. The molecule has 2 nitrogen and oxygen atoms in total. The maximum absolute atomic E-state index is 6.05. The highest BCUT2D eigenvalue weighted by Crippen LogP contribution is 2.26. The van der Waals surface area contributed by atoms with E-state index in [0.29, 0.717) is 12.1 Å². The van der Waals surface area contributed by atoms with Crippen molar-refractivity contribution in [1.82, 2.24) is 4.57 Å². The smallest absolute Gasteiger partial charge is 0.0481 e. The van der Waals surface area contributed by atoms with Gasteiger partial charge in [0.15, 0.2) is 0 Å². The zero-order chi connectivity index (χ0) is 8.39. The average Bonchev–Trinajstić information content (AvgIpc) is 2.57. The second-order valence-electron chi connectivity index (χ2n) is 3.65. The molecule has 0 saturated heterocycles. The molecule has 66 valence electrons. The van der Waals surface area contributed by atoms with Gasteiger partial charge in [-0.1, -0.05) is 12.8 Å². The van der Waals surface area contributed by atoms with Crippen molar-refractivity contribution >= 4 is 0 Å². The molecule has 0 spiro atoms. The van der Waals surface area contributed by atoms with Crippen molar-refractivity contribution in [2.24, 2.45) is 5.73 Å². The van der Waals surface area contributed by atoms with E-state index in [-0.39, 0.29) is 0 Å². The Morgan fingerprint density at radius 1 is 1.08 bits per heavy atom. The van der Waals surface area contributed by atoms with Gasteiger partial charge >= 0.3 is 0 Å². The van der Waals surface area contributed by atoms with Crippen LogP contribution in [0.2, 0.25) is 0 Å². The van der Waals surface area contributed by atoms with Gasteiger partial charge in [0.05, 0.1) is 0 Å². The molecule has 1 fully saturated rings. The first-order valence-electron chi connectivity index (χ1n) is 4.76. The van der Waals surface area contributed by atoms with E-state index in [2.05, 4.69) is 29.1 Å². The molecule has 2 heteroatoms. The van der Waals surface area contributed by atoms with Crippen LogP contribution in [0.15, 0.2) is 24.5 Å². The molecule has 0 amide bonds. The molecule has 1 heterocycles. The number of hydrogen-bond acceptors (Lipinski definition) is 1. The summed E-state index contributed by atoms with van der Waals surface area (Å²) in [6, 6.07) is 5.06. The zero-order valence-electron chi connectivity index (χ0n) is 7.32. The van der Waals surface area contributed by atoms with Crippen molar-refractivity contribution in [2.75, 3.05) is 0 Å². The Hall–Kier alpha value is -0.760. The second kappa shape index (κ2) is 3.31. The SMILES string of the molecule is NC1CCCCC1n1cccc1. The molecule has 1 saturated carbocycles.